The van der Waals surface area contributed by atoms with Gasteiger partial charge in [0.15, 0.2) is 5.65 Å². The first-order valence-corrected chi connectivity index (χ1v) is 10.5. The summed E-state index contributed by atoms with van der Waals surface area (Å²) in [5, 5.41) is 17.0. The van der Waals surface area contributed by atoms with Crippen molar-refractivity contribution in [3.63, 3.8) is 0 Å². The topological polar surface area (TPSA) is 99.8 Å². The Hall–Kier alpha value is -3.33. The number of aliphatic hydroxyl groups is 1. The van der Waals surface area contributed by atoms with Gasteiger partial charge in [0, 0.05) is 30.2 Å². The molecule has 4 rings (SSSR count). The second kappa shape index (κ2) is 7.98. The monoisotopic (exact) mass is 439 g/mol. The summed E-state index contributed by atoms with van der Waals surface area (Å²) in [7, 11) is 0. The molecule has 0 radical (unpaired) electrons. The van der Waals surface area contributed by atoms with Gasteiger partial charge in [-0.15, -0.1) is 0 Å². The molecular formula is C23H26FN5O3. The van der Waals surface area contributed by atoms with Crippen LogP contribution in [0.25, 0.3) is 5.65 Å². The molecule has 2 N–H and O–H groups in total. The Labute approximate surface area is 185 Å². The van der Waals surface area contributed by atoms with E-state index in [0.29, 0.717) is 28.0 Å². The van der Waals surface area contributed by atoms with E-state index in [4.69, 9.17) is 0 Å². The van der Waals surface area contributed by atoms with Gasteiger partial charge in [-0.1, -0.05) is 13.8 Å². The Morgan fingerprint density at radius 3 is 2.78 bits per heavy atom. The van der Waals surface area contributed by atoms with Gasteiger partial charge in [-0.05, 0) is 49.1 Å². The fraction of sp³-hybridized carbons (Fsp3) is 0.391. The zero-order chi connectivity index (χ0) is 23.2. The molecule has 0 spiro atoms. The summed E-state index contributed by atoms with van der Waals surface area (Å²) in [5.41, 5.74) is 1.83. The Morgan fingerprint density at radius 2 is 2.09 bits per heavy atom. The zero-order valence-electron chi connectivity index (χ0n) is 18.5. The molecule has 2 amide bonds. The first kappa shape index (κ1) is 21.9. The predicted molar refractivity (Wildman–Crippen MR) is 117 cm³/mol. The highest BCUT2D eigenvalue weighted by Gasteiger charge is 2.35. The lowest BCUT2D eigenvalue weighted by atomic mass is 9.96. The standard InChI is InChI=1S/C23H26FN5O3/c1-13(2)15-9-16-14(11-28(22(16)31)12-19(24)23(3,4)32)8-18(15)27-21(30)17-10-26-29-7-5-6-25-20(17)29/h5-10,13,19,32H,11-12H2,1-4H3,(H,27,30). The lowest BCUT2D eigenvalue weighted by molar-refractivity contribution is -0.0159. The number of benzene rings is 1. The molecule has 3 aromatic rings. The molecule has 1 unspecified atom stereocenters. The van der Waals surface area contributed by atoms with Crippen LogP contribution in [0.5, 0.6) is 0 Å². The molecule has 0 saturated carbocycles. The van der Waals surface area contributed by atoms with Crippen LogP contribution >= 0.6 is 0 Å². The number of hydrogen-bond acceptors (Lipinski definition) is 5. The maximum atomic E-state index is 14.4. The molecule has 0 bridgehead atoms. The largest absolute Gasteiger partial charge is 0.387 e. The molecule has 1 aliphatic rings. The lowest BCUT2D eigenvalue weighted by Gasteiger charge is -2.26. The van der Waals surface area contributed by atoms with Crippen molar-refractivity contribution in [3.8, 4) is 0 Å². The molecule has 2 aromatic heterocycles. The van der Waals surface area contributed by atoms with Gasteiger partial charge in [0.1, 0.15) is 11.7 Å². The minimum atomic E-state index is -1.58. The van der Waals surface area contributed by atoms with E-state index >= 15 is 0 Å². The summed E-state index contributed by atoms with van der Waals surface area (Å²) < 4.78 is 15.9. The third-order valence-electron chi connectivity index (χ3n) is 5.70. The number of amides is 2. The molecule has 1 atom stereocenters. The number of halogens is 1. The van der Waals surface area contributed by atoms with Gasteiger partial charge in [0.25, 0.3) is 11.8 Å². The summed E-state index contributed by atoms with van der Waals surface area (Å²) in [6.45, 7) is 6.71. The van der Waals surface area contributed by atoms with Crippen LogP contribution in [0, 0.1) is 0 Å². The van der Waals surface area contributed by atoms with E-state index in [1.165, 1.54) is 29.5 Å². The van der Waals surface area contributed by atoms with Crippen LogP contribution in [0.2, 0.25) is 0 Å². The van der Waals surface area contributed by atoms with E-state index in [9.17, 15) is 19.1 Å². The third-order valence-corrected chi connectivity index (χ3v) is 5.70. The number of carbonyl (C=O) groups excluding carboxylic acids is 2. The molecule has 0 aliphatic carbocycles. The van der Waals surface area contributed by atoms with Gasteiger partial charge in [0.2, 0.25) is 0 Å². The Morgan fingerprint density at radius 1 is 1.34 bits per heavy atom. The number of nitrogens with zero attached hydrogens (tertiary/aromatic N) is 4. The van der Waals surface area contributed by atoms with Crippen LogP contribution in [0.15, 0.2) is 36.8 Å². The summed E-state index contributed by atoms with van der Waals surface area (Å²) in [6, 6.07) is 5.27. The van der Waals surface area contributed by atoms with E-state index in [-0.39, 0.29) is 30.8 Å². The van der Waals surface area contributed by atoms with Gasteiger partial charge in [0.05, 0.1) is 18.3 Å². The molecule has 3 heterocycles. The normalized spacial score (nSPS) is 14.8. The van der Waals surface area contributed by atoms with Gasteiger partial charge in [-0.25, -0.2) is 13.9 Å². The number of carbonyl (C=O) groups is 2. The van der Waals surface area contributed by atoms with Crippen LogP contribution in [0.1, 0.15) is 65.5 Å². The smallest absolute Gasteiger partial charge is 0.261 e. The Bertz CT molecular complexity index is 1200. The first-order valence-electron chi connectivity index (χ1n) is 10.5. The Kier molecular flexibility index (Phi) is 5.46. The average molecular weight is 439 g/mol. The van der Waals surface area contributed by atoms with Crippen molar-refractivity contribution in [1.82, 2.24) is 19.5 Å². The van der Waals surface area contributed by atoms with Gasteiger partial charge >= 0.3 is 0 Å². The number of nitrogens with one attached hydrogen (secondary N) is 1. The number of hydrogen-bond donors (Lipinski definition) is 2. The zero-order valence-corrected chi connectivity index (χ0v) is 18.5. The van der Waals surface area contributed by atoms with Crippen molar-refractivity contribution >= 4 is 23.1 Å². The minimum absolute atomic E-state index is 0.0322. The van der Waals surface area contributed by atoms with Gasteiger partial charge in [-0.3, -0.25) is 9.59 Å². The summed E-state index contributed by atoms with van der Waals surface area (Å²) in [5.74, 6) is -0.601. The summed E-state index contributed by atoms with van der Waals surface area (Å²) in [4.78, 5) is 31.5. The quantitative estimate of drug-likeness (QED) is 0.615. The highest BCUT2D eigenvalue weighted by atomic mass is 19.1. The minimum Gasteiger partial charge on any atom is -0.387 e. The molecule has 0 fully saturated rings. The van der Waals surface area contributed by atoms with Crippen molar-refractivity contribution in [2.45, 2.75) is 51.9 Å². The second-order valence-corrected chi connectivity index (χ2v) is 8.96. The van der Waals surface area contributed by atoms with E-state index in [1.54, 1.807) is 30.6 Å². The summed E-state index contributed by atoms with van der Waals surface area (Å²) in [6.07, 6.45) is 3.19. The highest BCUT2D eigenvalue weighted by Crippen LogP contribution is 2.34. The molecule has 168 valence electrons. The average Bonchev–Trinajstić information content (AvgIpc) is 3.28. The number of anilines is 1. The second-order valence-electron chi connectivity index (χ2n) is 8.96. The maximum Gasteiger partial charge on any atom is 0.261 e. The Balaban J connectivity index is 1.63. The number of rotatable bonds is 6. The van der Waals surface area contributed by atoms with Gasteiger partial charge in [-0.2, -0.15) is 5.10 Å². The lowest BCUT2D eigenvalue weighted by Crippen LogP contribution is -2.42. The predicted octanol–water partition coefficient (Wildman–Crippen LogP) is 3.17. The fourth-order valence-electron chi connectivity index (χ4n) is 3.77. The van der Waals surface area contributed by atoms with Crippen LogP contribution < -0.4 is 5.32 Å². The summed E-state index contributed by atoms with van der Waals surface area (Å²) >= 11 is 0. The molecule has 1 aliphatic heterocycles. The van der Waals surface area contributed by atoms with E-state index < -0.39 is 11.8 Å². The molecule has 9 heteroatoms. The number of aromatic nitrogens is 3. The number of fused-ring (bicyclic) bond motifs is 2. The van der Waals surface area contributed by atoms with Crippen LogP contribution in [0.3, 0.4) is 0 Å². The molecule has 1 aromatic carbocycles. The van der Waals surface area contributed by atoms with Crippen molar-refractivity contribution in [1.29, 1.82) is 0 Å². The van der Waals surface area contributed by atoms with Crippen molar-refractivity contribution in [3.05, 3.63) is 59.0 Å². The maximum absolute atomic E-state index is 14.4. The third kappa shape index (κ3) is 3.95. The fourth-order valence-corrected chi connectivity index (χ4v) is 3.77. The van der Waals surface area contributed by atoms with Crippen LogP contribution in [-0.2, 0) is 6.54 Å². The van der Waals surface area contributed by atoms with Crippen molar-refractivity contribution < 1.29 is 19.1 Å². The van der Waals surface area contributed by atoms with Crippen molar-refractivity contribution in [2.75, 3.05) is 11.9 Å². The molecule has 32 heavy (non-hydrogen) atoms. The SMILES string of the molecule is CC(C)c1cc2c(cc1NC(=O)c1cnn3cccnc13)CN(CC(F)C(C)(C)O)C2=O. The molecule has 8 nitrogen and oxygen atoms in total. The van der Waals surface area contributed by atoms with Crippen molar-refractivity contribution in [2.24, 2.45) is 0 Å². The number of alkyl halides is 1. The van der Waals surface area contributed by atoms with Crippen LogP contribution in [-0.4, -0.2) is 54.7 Å². The van der Waals surface area contributed by atoms with Crippen LogP contribution in [0.4, 0.5) is 10.1 Å². The molecule has 0 saturated heterocycles. The van der Waals surface area contributed by atoms with E-state index in [1.807, 2.05) is 13.8 Å². The molecular weight excluding hydrogens is 413 g/mol. The van der Waals surface area contributed by atoms with Gasteiger partial charge < -0.3 is 15.3 Å². The van der Waals surface area contributed by atoms with E-state index in [2.05, 4.69) is 15.4 Å². The first-order chi connectivity index (χ1) is 15.1. The highest BCUT2D eigenvalue weighted by molar-refractivity contribution is 6.09. The van der Waals surface area contributed by atoms with E-state index in [0.717, 1.165) is 5.56 Å².